The maximum absolute atomic E-state index is 13.7. The van der Waals surface area contributed by atoms with Gasteiger partial charge in [0.1, 0.15) is 11.6 Å². The second-order valence-electron chi connectivity index (χ2n) is 4.14. The largest absolute Gasteiger partial charge is 0.496 e. The second kappa shape index (κ2) is 6.95. The summed E-state index contributed by atoms with van der Waals surface area (Å²) in [5, 5.41) is 2.54. The average Bonchev–Trinajstić information content (AvgIpc) is 2.49. The fraction of sp³-hybridized carbons (Fsp3) is 0.133. The van der Waals surface area contributed by atoms with Crippen molar-refractivity contribution in [3.8, 4) is 5.75 Å². The van der Waals surface area contributed by atoms with Gasteiger partial charge in [0, 0.05) is 9.37 Å². The molecule has 0 radical (unpaired) electrons. The van der Waals surface area contributed by atoms with Gasteiger partial charge in [0.15, 0.2) is 0 Å². The molecule has 0 fully saturated rings. The van der Waals surface area contributed by atoms with Crippen LogP contribution in [0.5, 0.6) is 5.75 Å². The van der Waals surface area contributed by atoms with Gasteiger partial charge in [-0.25, -0.2) is 4.39 Å². The summed E-state index contributed by atoms with van der Waals surface area (Å²) in [4.78, 5) is 13.2. The van der Waals surface area contributed by atoms with E-state index in [1.807, 2.05) is 12.3 Å². The highest BCUT2D eigenvalue weighted by Gasteiger charge is 2.14. The van der Waals surface area contributed by atoms with E-state index in [-0.39, 0.29) is 5.69 Å². The summed E-state index contributed by atoms with van der Waals surface area (Å²) in [6.07, 6.45) is 1.94. The van der Waals surface area contributed by atoms with Crippen LogP contribution in [0.4, 0.5) is 10.1 Å². The molecule has 6 heteroatoms. The minimum atomic E-state index is -0.502. The van der Waals surface area contributed by atoms with Crippen molar-refractivity contribution in [1.29, 1.82) is 0 Å². The molecule has 0 aliphatic rings. The first kappa shape index (κ1) is 15.9. The molecule has 0 saturated heterocycles. The number of carbonyl (C=O) groups excluding carboxylic acids is 1. The number of hydrogen-bond acceptors (Lipinski definition) is 3. The van der Waals surface area contributed by atoms with Crippen LogP contribution in [0.2, 0.25) is 0 Å². The van der Waals surface area contributed by atoms with E-state index in [0.717, 1.165) is 4.90 Å². The first-order valence-corrected chi connectivity index (χ1v) is 8.05. The van der Waals surface area contributed by atoms with Crippen LogP contribution in [0.3, 0.4) is 0 Å². The highest BCUT2D eigenvalue weighted by atomic mass is 79.9. The molecule has 3 nitrogen and oxygen atoms in total. The molecule has 0 heterocycles. The van der Waals surface area contributed by atoms with Crippen molar-refractivity contribution >= 4 is 39.3 Å². The highest BCUT2D eigenvalue weighted by molar-refractivity contribution is 9.10. The molecule has 21 heavy (non-hydrogen) atoms. The number of carbonyl (C=O) groups is 1. The van der Waals surface area contributed by atoms with Crippen LogP contribution in [-0.4, -0.2) is 19.3 Å². The summed E-state index contributed by atoms with van der Waals surface area (Å²) in [6, 6.07) is 9.71. The lowest BCUT2D eigenvalue weighted by molar-refractivity contribution is 0.102. The Balaban J connectivity index is 2.28. The Bertz CT molecular complexity index is 679. The van der Waals surface area contributed by atoms with Gasteiger partial charge >= 0.3 is 0 Å². The zero-order chi connectivity index (χ0) is 15.4. The summed E-state index contributed by atoms with van der Waals surface area (Å²) < 4.78 is 19.6. The third-order valence-electron chi connectivity index (χ3n) is 2.83. The van der Waals surface area contributed by atoms with Gasteiger partial charge in [-0.15, -0.1) is 11.8 Å². The van der Waals surface area contributed by atoms with Crippen molar-refractivity contribution in [2.75, 3.05) is 18.7 Å². The van der Waals surface area contributed by atoms with Gasteiger partial charge in [0.05, 0.1) is 18.4 Å². The Hall–Kier alpha value is -1.53. The number of methoxy groups -OCH3 is 1. The Morgan fingerprint density at radius 2 is 2.05 bits per heavy atom. The Morgan fingerprint density at radius 1 is 1.29 bits per heavy atom. The zero-order valence-corrected chi connectivity index (χ0v) is 13.8. The lowest BCUT2D eigenvalue weighted by atomic mass is 10.2. The van der Waals surface area contributed by atoms with Crippen molar-refractivity contribution in [3.05, 3.63) is 52.3 Å². The fourth-order valence-corrected chi connectivity index (χ4v) is 2.53. The van der Waals surface area contributed by atoms with Crippen LogP contribution in [0.1, 0.15) is 10.4 Å². The van der Waals surface area contributed by atoms with Gasteiger partial charge in [0.25, 0.3) is 5.91 Å². The van der Waals surface area contributed by atoms with Crippen LogP contribution in [0.15, 0.2) is 45.8 Å². The molecule has 0 aliphatic carbocycles. The molecule has 2 aromatic carbocycles. The van der Waals surface area contributed by atoms with E-state index in [2.05, 4.69) is 21.2 Å². The first-order valence-electron chi connectivity index (χ1n) is 6.03. The van der Waals surface area contributed by atoms with Crippen LogP contribution < -0.4 is 10.1 Å². The maximum Gasteiger partial charge on any atom is 0.259 e. The Kier molecular flexibility index (Phi) is 5.25. The lowest BCUT2D eigenvalue weighted by Crippen LogP contribution is -2.14. The first-order chi connectivity index (χ1) is 10.0. The number of benzene rings is 2. The van der Waals surface area contributed by atoms with E-state index in [4.69, 9.17) is 4.74 Å². The molecule has 0 spiro atoms. The third-order valence-corrected chi connectivity index (χ3v) is 4.05. The number of anilines is 1. The molecule has 0 bridgehead atoms. The second-order valence-corrected chi connectivity index (χ2v) is 5.94. The van der Waals surface area contributed by atoms with E-state index < -0.39 is 11.7 Å². The summed E-state index contributed by atoms with van der Waals surface area (Å²) in [5.74, 6) is -0.463. The minimum Gasteiger partial charge on any atom is -0.496 e. The molecule has 1 amide bonds. The molecule has 0 atom stereocenters. The number of halogens is 2. The number of rotatable bonds is 4. The van der Waals surface area contributed by atoms with Crippen molar-refractivity contribution in [3.63, 3.8) is 0 Å². The predicted molar refractivity (Wildman–Crippen MR) is 86.8 cm³/mol. The van der Waals surface area contributed by atoms with Crippen LogP contribution in [-0.2, 0) is 0 Å². The number of thioether (sulfide) groups is 1. The van der Waals surface area contributed by atoms with Gasteiger partial charge in [-0.2, -0.15) is 0 Å². The molecular weight excluding hydrogens is 357 g/mol. The predicted octanol–water partition coefficient (Wildman–Crippen LogP) is 4.57. The van der Waals surface area contributed by atoms with Crippen molar-refractivity contribution in [2.45, 2.75) is 4.90 Å². The van der Waals surface area contributed by atoms with E-state index >= 15 is 0 Å². The smallest absolute Gasteiger partial charge is 0.259 e. The normalized spacial score (nSPS) is 10.3. The van der Waals surface area contributed by atoms with Crippen LogP contribution in [0, 0.1) is 5.82 Å². The molecule has 0 aliphatic heterocycles. The fourth-order valence-electron chi connectivity index (χ4n) is 1.77. The van der Waals surface area contributed by atoms with Crippen molar-refractivity contribution in [2.24, 2.45) is 0 Å². The molecular formula is C15H13BrFNO2S. The standard InChI is InChI=1S/C15H13BrFNO2S/c1-20-14-8-10(21-2)4-5-11(14)15(19)18-13-6-3-9(16)7-12(13)17/h3-8H,1-2H3,(H,18,19). The van der Waals surface area contributed by atoms with Crippen molar-refractivity contribution in [1.82, 2.24) is 0 Å². The average molecular weight is 370 g/mol. The van der Waals surface area contributed by atoms with E-state index in [9.17, 15) is 9.18 Å². The summed E-state index contributed by atoms with van der Waals surface area (Å²) in [6.45, 7) is 0. The number of hydrogen-bond donors (Lipinski definition) is 1. The summed E-state index contributed by atoms with van der Waals surface area (Å²) >= 11 is 4.72. The number of nitrogens with one attached hydrogen (secondary N) is 1. The molecule has 0 unspecified atom stereocenters. The van der Waals surface area contributed by atoms with Gasteiger partial charge in [0.2, 0.25) is 0 Å². The third kappa shape index (κ3) is 3.77. The van der Waals surface area contributed by atoms with E-state index in [0.29, 0.717) is 15.8 Å². The van der Waals surface area contributed by atoms with Gasteiger partial charge in [-0.3, -0.25) is 4.79 Å². The van der Waals surface area contributed by atoms with E-state index in [1.54, 1.807) is 30.0 Å². The highest BCUT2D eigenvalue weighted by Crippen LogP contribution is 2.27. The molecule has 0 aromatic heterocycles. The molecule has 0 saturated carbocycles. The van der Waals surface area contributed by atoms with E-state index in [1.165, 1.54) is 19.2 Å². The minimum absolute atomic E-state index is 0.124. The SMILES string of the molecule is COc1cc(SC)ccc1C(=O)Nc1ccc(Br)cc1F. The van der Waals surface area contributed by atoms with Crippen LogP contribution >= 0.6 is 27.7 Å². The Labute approximate surface area is 135 Å². The molecule has 1 N–H and O–H groups in total. The quantitative estimate of drug-likeness (QED) is 0.802. The molecule has 2 rings (SSSR count). The van der Waals surface area contributed by atoms with Gasteiger partial charge < -0.3 is 10.1 Å². The summed E-state index contributed by atoms with van der Waals surface area (Å²) in [7, 11) is 1.50. The zero-order valence-electron chi connectivity index (χ0n) is 11.4. The van der Waals surface area contributed by atoms with Crippen molar-refractivity contribution < 1.29 is 13.9 Å². The lowest BCUT2D eigenvalue weighted by Gasteiger charge is -2.11. The number of amides is 1. The van der Waals surface area contributed by atoms with Gasteiger partial charge in [-0.05, 0) is 42.7 Å². The Morgan fingerprint density at radius 3 is 2.67 bits per heavy atom. The molecule has 2 aromatic rings. The van der Waals surface area contributed by atoms with Crippen LogP contribution in [0.25, 0.3) is 0 Å². The van der Waals surface area contributed by atoms with Gasteiger partial charge in [-0.1, -0.05) is 15.9 Å². The topological polar surface area (TPSA) is 38.3 Å². The maximum atomic E-state index is 13.7. The number of ether oxygens (including phenoxy) is 1. The monoisotopic (exact) mass is 369 g/mol. The summed E-state index contributed by atoms with van der Waals surface area (Å²) in [5.41, 5.74) is 0.483. The molecule has 110 valence electrons.